The molecule has 4 rings (SSSR count). The van der Waals surface area contributed by atoms with Crippen LogP contribution in [-0.4, -0.2) is 24.9 Å². The molecule has 0 saturated carbocycles. The molecule has 0 N–H and O–H groups in total. The number of hydrogen-bond acceptors (Lipinski definition) is 3. The maximum Gasteiger partial charge on any atom is 0.327 e. The fraction of sp³-hybridized carbons (Fsp3) is 0.391. The van der Waals surface area contributed by atoms with E-state index in [0.717, 1.165) is 22.7 Å². The minimum absolute atomic E-state index is 0.0155. The van der Waals surface area contributed by atoms with Gasteiger partial charge in [-0.2, -0.15) is 0 Å². The topological polar surface area (TPSA) is 48.3 Å². The highest BCUT2D eigenvalue weighted by molar-refractivity contribution is 7.90. The minimum Gasteiger partial charge on any atom is -0.426 e. The van der Waals surface area contributed by atoms with Crippen LogP contribution in [-0.2, 0) is 14.7 Å². The molecule has 1 aliphatic heterocycles. The third-order valence-electron chi connectivity index (χ3n) is 6.65. The van der Waals surface area contributed by atoms with Crippen molar-refractivity contribution in [2.24, 2.45) is 5.41 Å². The van der Waals surface area contributed by atoms with Crippen molar-refractivity contribution < 1.29 is 13.1 Å². The van der Waals surface area contributed by atoms with Crippen molar-refractivity contribution in [2.45, 2.75) is 58.4 Å². The molecule has 2 aromatic carbocycles. The van der Waals surface area contributed by atoms with Crippen molar-refractivity contribution in [1.82, 2.24) is 3.97 Å². The lowest BCUT2D eigenvalue weighted by Crippen LogP contribution is -2.36. The number of fused-ring (bicyclic) bond motifs is 1. The van der Waals surface area contributed by atoms with Gasteiger partial charge in [0.1, 0.15) is 0 Å². The van der Waals surface area contributed by atoms with Gasteiger partial charge in [0.25, 0.3) is 10.0 Å². The van der Waals surface area contributed by atoms with E-state index in [1.807, 2.05) is 44.2 Å². The van der Waals surface area contributed by atoms with E-state index in [4.69, 9.17) is 4.65 Å². The average Bonchev–Trinajstić information content (AvgIpc) is 3.06. The normalized spacial score (nSPS) is 18.5. The Balaban J connectivity index is 1.78. The number of benzene rings is 2. The van der Waals surface area contributed by atoms with Crippen molar-refractivity contribution >= 4 is 33.3 Å². The summed E-state index contributed by atoms with van der Waals surface area (Å²) in [5.41, 5.74) is 3.40. The first-order chi connectivity index (χ1) is 13.4. The van der Waals surface area contributed by atoms with Crippen LogP contribution < -0.4 is 5.46 Å². The summed E-state index contributed by atoms with van der Waals surface area (Å²) in [4.78, 5) is 0.301. The second kappa shape index (κ2) is 6.48. The molecule has 0 aliphatic carbocycles. The number of nitrogens with zero attached hydrogens (tertiary/aromatic N) is 1. The van der Waals surface area contributed by atoms with E-state index in [0.29, 0.717) is 16.1 Å². The smallest absolute Gasteiger partial charge is 0.327 e. The Morgan fingerprint density at radius 3 is 2.21 bits per heavy atom. The molecule has 0 radical (unpaired) electrons. The first kappa shape index (κ1) is 20.2. The van der Waals surface area contributed by atoms with Crippen molar-refractivity contribution in [3.63, 3.8) is 0 Å². The van der Waals surface area contributed by atoms with Crippen molar-refractivity contribution in [2.75, 3.05) is 0 Å². The fourth-order valence-electron chi connectivity index (χ4n) is 4.13. The van der Waals surface area contributed by atoms with Crippen LogP contribution in [0.5, 0.6) is 0 Å². The van der Waals surface area contributed by atoms with Crippen LogP contribution in [0.15, 0.2) is 53.4 Å². The predicted octanol–water partition coefficient (Wildman–Crippen LogP) is 4.53. The summed E-state index contributed by atoms with van der Waals surface area (Å²) < 4.78 is 34.4. The third-order valence-corrected chi connectivity index (χ3v) is 8.48. The van der Waals surface area contributed by atoms with Gasteiger partial charge in [0.15, 0.2) is 0 Å². The van der Waals surface area contributed by atoms with Gasteiger partial charge >= 0.3 is 6.92 Å². The molecule has 0 spiro atoms. The minimum atomic E-state index is -3.65. The van der Waals surface area contributed by atoms with E-state index in [9.17, 15) is 8.42 Å². The summed E-state index contributed by atoms with van der Waals surface area (Å²) >= 11 is 0. The Labute approximate surface area is 174 Å². The van der Waals surface area contributed by atoms with E-state index in [2.05, 4.69) is 33.8 Å². The number of aromatic nitrogens is 1. The molecule has 3 aromatic rings. The summed E-state index contributed by atoms with van der Waals surface area (Å²) in [5, 5.41) is 0.918. The van der Waals surface area contributed by atoms with Crippen molar-refractivity contribution in [3.05, 3.63) is 59.8 Å². The molecule has 1 fully saturated rings. The molecule has 4 nitrogen and oxygen atoms in total. The van der Waals surface area contributed by atoms with Gasteiger partial charge in [-0.3, -0.25) is 0 Å². The summed E-state index contributed by atoms with van der Waals surface area (Å²) in [5.74, 6) is 0. The first-order valence-electron chi connectivity index (χ1n) is 10.0. The monoisotopic (exact) mass is 409 g/mol. The maximum absolute atomic E-state index is 13.3. The van der Waals surface area contributed by atoms with Crippen LogP contribution in [0.1, 0.15) is 39.0 Å². The van der Waals surface area contributed by atoms with E-state index in [1.165, 1.54) is 3.97 Å². The van der Waals surface area contributed by atoms with Crippen LogP contribution >= 0.6 is 0 Å². The highest BCUT2D eigenvalue weighted by atomic mass is 32.2. The van der Waals surface area contributed by atoms with Gasteiger partial charge in [-0.15, -0.1) is 0 Å². The third kappa shape index (κ3) is 3.23. The predicted molar refractivity (Wildman–Crippen MR) is 120 cm³/mol. The van der Waals surface area contributed by atoms with E-state index < -0.39 is 10.0 Å². The van der Waals surface area contributed by atoms with Gasteiger partial charge in [0.2, 0.25) is 0 Å². The van der Waals surface area contributed by atoms with Crippen LogP contribution in [0.2, 0.25) is 6.32 Å². The molecular weight excluding hydrogens is 381 g/mol. The van der Waals surface area contributed by atoms with Crippen LogP contribution in [0.4, 0.5) is 0 Å². The standard InChI is InChI=1S/C23H28BNO3S/c1-16-7-10-20(11-8-16)29(26,27)25-17(2)13-18-14-19(9-12-21(18)25)24-15-22(3,4)23(5,6)28-24/h7-14H,15H2,1-6H3. The molecule has 0 bridgehead atoms. The number of hydrogen-bond donors (Lipinski definition) is 0. The molecule has 0 unspecified atom stereocenters. The molecule has 1 aromatic heterocycles. The molecule has 0 atom stereocenters. The van der Waals surface area contributed by atoms with Gasteiger partial charge < -0.3 is 4.65 Å². The summed E-state index contributed by atoms with van der Waals surface area (Å²) in [6, 6.07) is 14.9. The van der Waals surface area contributed by atoms with E-state index in [1.54, 1.807) is 12.1 Å². The fourth-order valence-corrected chi connectivity index (χ4v) is 5.68. The highest BCUT2D eigenvalue weighted by Gasteiger charge is 2.49. The number of rotatable bonds is 3. The van der Waals surface area contributed by atoms with Gasteiger partial charge in [-0.05, 0) is 69.2 Å². The molecule has 152 valence electrons. The summed E-state index contributed by atoms with van der Waals surface area (Å²) in [7, 11) is -3.65. The van der Waals surface area contributed by atoms with Crippen LogP contribution in [0.25, 0.3) is 10.9 Å². The largest absolute Gasteiger partial charge is 0.426 e. The second-order valence-electron chi connectivity index (χ2n) is 9.39. The van der Waals surface area contributed by atoms with Gasteiger partial charge in [0, 0.05) is 11.1 Å². The molecule has 29 heavy (non-hydrogen) atoms. The van der Waals surface area contributed by atoms with E-state index in [-0.39, 0.29) is 17.9 Å². The maximum atomic E-state index is 13.3. The zero-order chi connectivity index (χ0) is 21.2. The number of aryl methyl sites for hydroxylation is 2. The zero-order valence-electron chi connectivity index (χ0n) is 18.0. The van der Waals surface area contributed by atoms with Crippen molar-refractivity contribution in [1.29, 1.82) is 0 Å². The summed E-state index contributed by atoms with van der Waals surface area (Å²) in [6.45, 7) is 12.6. The van der Waals surface area contributed by atoms with Gasteiger partial charge in [-0.25, -0.2) is 12.4 Å². The molecule has 1 aliphatic rings. The van der Waals surface area contributed by atoms with Gasteiger partial charge in [0.05, 0.1) is 16.0 Å². The lowest BCUT2D eigenvalue weighted by atomic mass is 9.54. The molecule has 1 saturated heterocycles. The molecular formula is C23H28BNO3S. The van der Waals surface area contributed by atoms with Crippen molar-refractivity contribution in [3.8, 4) is 0 Å². The Bertz CT molecular complexity index is 1170. The first-order valence-corrected chi connectivity index (χ1v) is 11.5. The highest BCUT2D eigenvalue weighted by Crippen LogP contribution is 2.45. The average molecular weight is 409 g/mol. The molecule has 0 amide bonds. The summed E-state index contributed by atoms with van der Waals surface area (Å²) in [6.07, 6.45) is 0.937. The Kier molecular flexibility index (Phi) is 4.52. The SMILES string of the molecule is Cc1ccc(S(=O)(=O)n2c(C)cc3cc(B4CC(C)(C)C(C)(C)O4)ccc32)cc1. The molecule has 2 heterocycles. The Hall–Kier alpha value is -2.05. The van der Waals surface area contributed by atoms with Crippen LogP contribution in [0.3, 0.4) is 0 Å². The lowest BCUT2D eigenvalue weighted by Gasteiger charge is -2.34. The van der Waals surface area contributed by atoms with Gasteiger partial charge in [-0.1, -0.05) is 43.7 Å². The second-order valence-corrected chi connectivity index (χ2v) is 11.2. The molecule has 6 heteroatoms. The quantitative estimate of drug-likeness (QED) is 0.598. The zero-order valence-corrected chi connectivity index (χ0v) is 18.8. The lowest BCUT2D eigenvalue weighted by molar-refractivity contribution is 0.0375. The Morgan fingerprint density at radius 2 is 1.62 bits per heavy atom. The van der Waals surface area contributed by atoms with Crippen LogP contribution in [0, 0.1) is 19.3 Å². The van der Waals surface area contributed by atoms with E-state index >= 15 is 0 Å². The Morgan fingerprint density at radius 1 is 0.966 bits per heavy atom.